The number of benzene rings is 3. The van der Waals surface area contributed by atoms with Crippen LogP contribution in [0.25, 0.3) is 11.1 Å². The number of ether oxygens (including phenoxy) is 1. The number of carbonyl (C=O) groups excluding carboxylic acids is 1. The van der Waals surface area contributed by atoms with Crippen molar-refractivity contribution in [1.82, 2.24) is 4.90 Å². The summed E-state index contributed by atoms with van der Waals surface area (Å²) >= 11 is 0. The van der Waals surface area contributed by atoms with E-state index in [2.05, 4.69) is 6.07 Å². The number of nitrogens with zero attached hydrogens (tertiary/aromatic N) is 1. The maximum absolute atomic E-state index is 13.6. The molecule has 1 N–H and O–H groups in total. The van der Waals surface area contributed by atoms with Crippen LogP contribution in [-0.4, -0.2) is 34.5 Å². The molecule has 5 heteroatoms. The fraction of sp³-hybridized carbons (Fsp3) is 0.333. The number of rotatable bonds is 12. The van der Waals surface area contributed by atoms with E-state index in [0.717, 1.165) is 29.5 Å². The SMILES string of the molecule is [2H]C([2H])(c1ccccc1OCCCCCC(=O)O)N(C(=O)c1ccc(-c2cccc(C)c2)cc1)C1CC1. The van der Waals surface area contributed by atoms with Gasteiger partial charge in [-0.1, -0.05) is 60.2 Å². The first-order valence-electron chi connectivity index (χ1n) is 13.2. The van der Waals surface area contributed by atoms with E-state index >= 15 is 0 Å². The van der Waals surface area contributed by atoms with Crippen LogP contribution in [0.2, 0.25) is 0 Å². The molecule has 1 aliphatic rings. The van der Waals surface area contributed by atoms with Crippen molar-refractivity contribution in [3.8, 4) is 16.9 Å². The molecule has 35 heavy (non-hydrogen) atoms. The van der Waals surface area contributed by atoms with Crippen molar-refractivity contribution in [2.45, 2.75) is 58.0 Å². The van der Waals surface area contributed by atoms with Crippen LogP contribution in [0.4, 0.5) is 0 Å². The van der Waals surface area contributed by atoms with E-state index in [1.807, 2.05) is 37.3 Å². The van der Waals surface area contributed by atoms with Gasteiger partial charge in [0.25, 0.3) is 5.91 Å². The van der Waals surface area contributed by atoms with Gasteiger partial charge in [0.15, 0.2) is 0 Å². The summed E-state index contributed by atoms with van der Waals surface area (Å²) in [4.78, 5) is 25.7. The Morgan fingerprint density at radius 2 is 1.74 bits per heavy atom. The number of hydrogen-bond donors (Lipinski definition) is 1. The van der Waals surface area contributed by atoms with Gasteiger partial charge in [-0.2, -0.15) is 0 Å². The number of aliphatic carboxylic acids is 1. The lowest BCUT2D eigenvalue weighted by atomic mass is 10.0. The molecular weight excluding hydrogens is 438 g/mol. The van der Waals surface area contributed by atoms with Gasteiger partial charge < -0.3 is 14.7 Å². The molecule has 0 radical (unpaired) electrons. The molecular formula is C30H33NO4. The largest absolute Gasteiger partial charge is 0.493 e. The van der Waals surface area contributed by atoms with Crippen LogP contribution in [0.1, 0.15) is 62.8 Å². The molecule has 0 unspecified atom stereocenters. The zero-order valence-electron chi connectivity index (χ0n) is 22.1. The first kappa shape index (κ1) is 21.9. The number of aryl methyl sites for hydroxylation is 1. The standard InChI is InChI=1S/C30H33NO4/c1-22-8-7-10-25(20-22)23-13-15-24(16-14-23)30(34)31(27-17-18-27)21-26-9-4-5-11-28(26)35-19-6-2-3-12-29(32)33/h4-5,7-11,13-16,20,27H,2-3,6,12,17-19,21H2,1H3,(H,32,33)/i21D2. The summed E-state index contributed by atoms with van der Waals surface area (Å²) in [6.07, 6.45) is 3.62. The quantitative estimate of drug-likeness (QED) is 0.305. The summed E-state index contributed by atoms with van der Waals surface area (Å²) in [5.74, 6) is -0.750. The topological polar surface area (TPSA) is 66.8 Å². The van der Waals surface area contributed by atoms with Gasteiger partial charge in [-0.15, -0.1) is 0 Å². The first-order chi connectivity index (χ1) is 17.8. The van der Waals surface area contributed by atoms with Crippen LogP contribution in [0.3, 0.4) is 0 Å². The molecule has 1 saturated carbocycles. The molecule has 1 amide bonds. The molecule has 0 saturated heterocycles. The zero-order valence-corrected chi connectivity index (χ0v) is 20.1. The van der Waals surface area contributed by atoms with Crippen molar-refractivity contribution in [1.29, 1.82) is 0 Å². The van der Waals surface area contributed by atoms with E-state index in [9.17, 15) is 9.59 Å². The second-order valence-electron chi connectivity index (χ2n) is 9.01. The molecule has 0 bridgehead atoms. The molecule has 0 atom stereocenters. The Morgan fingerprint density at radius 3 is 2.46 bits per heavy atom. The smallest absolute Gasteiger partial charge is 0.303 e. The van der Waals surface area contributed by atoms with Gasteiger partial charge in [-0.05, 0) is 68.4 Å². The predicted octanol–water partition coefficient (Wildman–Crippen LogP) is 6.49. The normalized spacial score (nSPS) is 14.1. The third kappa shape index (κ3) is 6.95. The minimum Gasteiger partial charge on any atom is -0.493 e. The van der Waals surface area contributed by atoms with Crippen LogP contribution in [0, 0.1) is 6.92 Å². The number of carboxylic acid groups (broad SMARTS) is 1. The van der Waals surface area contributed by atoms with Crippen LogP contribution in [-0.2, 0) is 11.3 Å². The predicted molar refractivity (Wildman–Crippen MR) is 138 cm³/mol. The zero-order chi connectivity index (χ0) is 26.4. The summed E-state index contributed by atoms with van der Waals surface area (Å²) in [5.41, 5.74) is 4.00. The summed E-state index contributed by atoms with van der Waals surface area (Å²) in [6, 6.07) is 22.3. The number of para-hydroxylation sites is 1. The number of unbranched alkanes of at least 4 members (excludes halogenated alkanes) is 2. The summed E-state index contributed by atoms with van der Waals surface area (Å²) in [5, 5.41) is 8.77. The average molecular weight is 474 g/mol. The molecule has 0 spiro atoms. The van der Waals surface area contributed by atoms with Crippen LogP contribution >= 0.6 is 0 Å². The Bertz CT molecular complexity index is 1240. The molecule has 1 aliphatic carbocycles. The lowest BCUT2D eigenvalue weighted by Crippen LogP contribution is -2.32. The molecule has 4 rings (SSSR count). The minimum atomic E-state index is -2.06. The van der Waals surface area contributed by atoms with Crippen molar-refractivity contribution < 1.29 is 22.2 Å². The summed E-state index contributed by atoms with van der Waals surface area (Å²) < 4.78 is 24.0. The average Bonchev–Trinajstić information content (AvgIpc) is 3.71. The van der Waals surface area contributed by atoms with Crippen molar-refractivity contribution in [3.05, 3.63) is 89.5 Å². The molecule has 5 nitrogen and oxygen atoms in total. The lowest BCUT2D eigenvalue weighted by Gasteiger charge is -2.24. The molecule has 3 aromatic carbocycles. The van der Waals surface area contributed by atoms with Gasteiger partial charge in [0.05, 0.1) is 9.35 Å². The Morgan fingerprint density at radius 1 is 0.971 bits per heavy atom. The Labute approximate surface area is 210 Å². The molecule has 0 heterocycles. The number of hydrogen-bond acceptors (Lipinski definition) is 3. The van der Waals surface area contributed by atoms with Crippen LogP contribution in [0.15, 0.2) is 72.8 Å². The van der Waals surface area contributed by atoms with E-state index in [-0.39, 0.29) is 18.4 Å². The van der Waals surface area contributed by atoms with E-state index in [4.69, 9.17) is 12.6 Å². The third-order valence-electron chi connectivity index (χ3n) is 6.03. The molecule has 1 fully saturated rings. The van der Waals surface area contributed by atoms with Gasteiger partial charge in [0.2, 0.25) is 0 Å². The second kappa shape index (κ2) is 11.7. The van der Waals surface area contributed by atoms with Gasteiger partial charge in [-0.3, -0.25) is 9.59 Å². The summed E-state index contributed by atoms with van der Waals surface area (Å²) in [6.45, 7) is 0.329. The summed E-state index contributed by atoms with van der Waals surface area (Å²) in [7, 11) is 0. The van der Waals surface area contributed by atoms with Gasteiger partial charge >= 0.3 is 5.97 Å². The van der Waals surface area contributed by atoms with Crippen LogP contribution in [0.5, 0.6) is 5.75 Å². The maximum atomic E-state index is 13.6. The highest BCUT2D eigenvalue weighted by molar-refractivity contribution is 5.95. The van der Waals surface area contributed by atoms with Crippen molar-refractivity contribution in [2.24, 2.45) is 0 Å². The molecule has 3 aromatic rings. The highest BCUT2D eigenvalue weighted by Gasteiger charge is 2.33. The minimum absolute atomic E-state index is 0.129. The van der Waals surface area contributed by atoms with Crippen molar-refractivity contribution >= 4 is 11.9 Å². The Kier molecular flexibility index (Phi) is 7.32. The maximum Gasteiger partial charge on any atom is 0.303 e. The highest BCUT2D eigenvalue weighted by atomic mass is 16.5. The van der Waals surface area contributed by atoms with Gasteiger partial charge in [0, 0.05) is 30.1 Å². The number of amides is 1. The Hall–Kier alpha value is -3.60. The third-order valence-corrected chi connectivity index (χ3v) is 6.03. The second-order valence-corrected chi connectivity index (χ2v) is 9.01. The fourth-order valence-electron chi connectivity index (χ4n) is 3.96. The first-order valence-corrected chi connectivity index (χ1v) is 12.2. The van der Waals surface area contributed by atoms with E-state index < -0.39 is 12.5 Å². The van der Waals surface area contributed by atoms with Gasteiger partial charge in [-0.25, -0.2) is 0 Å². The monoisotopic (exact) mass is 473 g/mol. The molecule has 0 aliphatic heterocycles. The molecule has 0 aromatic heterocycles. The van der Waals surface area contributed by atoms with Gasteiger partial charge in [0.1, 0.15) is 5.75 Å². The van der Waals surface area contributed by atoms with E-state index in [1.165, 1.54) is 4.90 Å². The lowest BCUT2D eigenvalue weighted by molar-refractivity contribution is -0.137. The highest BCUT2D eigenvalue weighted by Crippen LogP contribution is 2.32. The number of carboxylic acids is 1. The number of carbonyl (C=O) groups is 2. The van der Waals surface area contributed by atoms with Crippen molar-refractivity contribution in [2.75, 3.05) is 6.61 Å². The van der Waals surface area contributed by atoms with E-state index in [1.54, 1.807) is 36.4 Å². The van der Waals surface area contributed by atoms with E-state index in [0.29, 0.717) is 42.7 Å². The fourth-order valence-corrected chi connectivity index (χ4v) is 3.96. The van der Waals surface area contributed by atoms with Crippen molar-refractivity contribution in [3.63, 3.8) is 0 Å². The van der Waals surface area contributed by atoms with Crippen LogP contribution < -0.4 is 4.74 Å². The Balaban J connectivity index is 1.51. The molecule has 182 valence electrons.